The third-order valence-electron chi connectivity index (χ3n) is 3.89. The van der Waals surface area contributed by atoms with Gasteiger partial charge in [-0.05, 0) is 38.1 Å². The van der Waals surface area contributed by atoms with Crippen LogP contribution in [0.1, 0.15) is 24.0 Å². The van der Waals surface area contributed by atoms with Gasteiger partial charge in [0.25, 0.3) is 0 Å². The second-order valence-corrected chi connectivity index (χ2v) is 5.25. The van der Waals surface area contributed by atoms with Crippen LogP contribution in [0, 0.1) is 0 Å². The second-order valence-electron chi connectivity index (χ2n) is 5.25. The highest BCUT2D eigenvalue weighted by atomic mass is 19.4. The average molecular weight is 300 g/mol. The van der Waals surface area contributed by atoms with E-state index in [1.54, 1.807) is 0 Å². The van der Waals surface area contributed by atoms with Gasteiger partial charge in [-0.1, -0.05) is 6.07 Å². The predicted octanol–water partition coefficient (Wildman–Crippen LogP) is 2.91. The van der Waals surface area contributed by atoms with Gasteiger partial charge in [-0.15, -0.1) is 0 Å². The lowest BCUT2D eigenvalue weighted by molar-refractivity contribution is -0.137. The van der Waals surface area contributed by atoms with Crippen molar-refractivity contribution < 1.29 is 22.7 Å². The molecular weight excluding hydrogens is 285 g/mol. The number of alkyl halides is 3. The fourth-order valence-corrected chi connectivity index (χ4v) is 2.80. The first-order valence-electron chi connectivity index (χ1n) is 6.83. The largest absolute Gasteiger partial charge is 0.444 e. The number of nitrogens with zero attached hydrogens (tertiary/aromatic N) is 1. The number of amides is 1. The highest BCUT2D eigenvalue weighted by Crippen LogP contribution is 2.37. The molecule has 1 N–H and O–H groups in total. The molecule has 21 heavy (non-hydrogen) atoms. The lowest BCUT2D eigenvalue weighted by Gasteiger charge is -2.37. The predicted molar refractivity (Wildman–Crippen MR) is 70.0 cm³/mol. The van der Waals surface area contributed by atoms with Crippen LogP contribution in [0.3, 0.4) is 0 Å². The van der Waals surface area contributed by atoms with Crippen molar-refractivity contribution in [2.45, 2.75) is 31.7 Å². The molecule has 0 aliphatic carbocycles. The van der Waals surface area contributed by atoms with Gasteiger partial charge in [-0.2, -0.15) is 13.2 Å². The SMILES string of the molecule is O=C1OCc2ccc(C(F)(F)F)cc2N1C1CCNCC1. The molecule has 2 aliphatic rings. The van der Waals surface area contributed by atoms with Gasteiger partial charge in [-0.3, -0.25) is 4.90 Å². The molecule has 114 valence electrons. The van der Waals surface area contributed by atoms with Crippen molar-refractivity contribution in [1.29, 1.82) is 0 Å². The maximum Gasteiger partial charge on any atom is 0.416 e. The van der Waals surface area contributed by atoms with E-state index in [2.05, 4.69) is 5.32 Å². The molecule has 1 aromatic rings. The lowest BCUT2D eigenvalue weighted by atomic mass is 10.0. The molecule has 0 spiro atoms. The molecule has 0 radical (unpaired) electrons. The van der Waals surface area contributed by atoms with Crippen LogP contribution in [0.25, 0.3) is 0 Å². The summed E-state index contributed by atoms with van der Waals surface area (Å²) < 4.78 is 43.7. The number of carbonyl (C=O) groups excluding carboxylic acids is 1. The molecule has 0 bridgehead atoms. The van der Waals surface area contributed by atoms with Crippen LogP contribution in [0.15, 0.2) is 18.2 Å². The maximum atomic E-state index is 12.9. The summed E-state index contributed by atoms with van der Waals surface area (Å²) in [5, 5.41) is 3.17. The molecule has 0 aromatic heterocycles. The zero-order valence-electron chi connectivity index (χ0n) is 11.2. The highest BCUT2D eigenvalue weighted by molar-refractivity contribution is 5.91. The minimum Gasteiger partial charge on any atom is -0.444 e. The summed E-state index contributed by atoms with van der Waals surface area (Å²) >= 11 is 0. The molecule has 3 rings (SSSR count). The number of anilines is 1. The molecule has 0 atom stereocenters. The molecule has 1 amide bonds. The van der Waals surface area contributed by atoms with E-state index in [1.807, 2.05) is 0 Å². The van der Waals surface area contributed by atoms with Crippen molar-refractivity contribution in [3.05, 3.63) is 29.3 Å². The van der Waals surface area contributed by atoms with E-state index in [1.165, 1.54) is 11.0 Å². The first-order chi connectivity index (χ1) is 9.97. The van der Waals surface area contributed by atoms with E-state index in [9.17, 15) is 18.0 Å². The Hall–Kier alpha value is -1.76. The zero-order chi connectivity index (χ0) is 15.0. The number of carbonyl (C=O) groups is 1. The average Bonchev–Trinajstić information content (AvgIpc) is 2.46. The number of hydrogen-bond donors (Lipinski definition) is 1. The quantitative estimate of drug-likeness (QED) is 0.867. The van der Waals surface area contributed by atoms with Crippen LogP contribution in [0.2, 0.25) is 0 Å². The molecule has 7 heteroatoms. The number of cyclic esters (lactones) is 1. The number of nitrogens with one attached hydrogen (secondary N) is 1. The number of fused-ring (bicyclic) bond motifs is 1. The summed E-state index contributed by atoms with van der Waals surface area (Å²) in [5.41, 5.74) is 0.198. The zero-order valence-corrected chi connectivity index (χ0v) is 11.2. The first-order valence-corrected chi connectivity index (χ1v) is 6.83. The summed E-state index contributed by atoms with van der Waals surface area (Å²) in [5.74, 6) is 0. The van der Waals surface area contributed by atoms with Gasteiger partial charge in [-0.25, -0.2) is 4.79 Å². The number of hydrogen-bond acceptors (Lipinski definition) is 3. The third-order valence-corrected chi connectivity index (χ3v) is 3.89. The minimum absolute atomic E-state index is 0.0216. The Morgan fingerprint density at radius 2 is 1.95 bits per heavy atom. The molecule has 1 fully saturated rings. The number of piperidine rings is 1. The molecular formula is C14H15F3N2O2. The summed E-state index contributed by atoms with van der Waals surface area (Å²) in [4.78, 5) is 13.4. The van der Waals surface area contributed by atoms with Crippen LogP contribution in [0.5, 0.6) is 0 Å². The van der Waals surface area contributed by atoms with E-state index >= 15 is 0 Å². The molecule has 1 aromatic carbocycles. The van der Waals surface area contributed by atoms with Gasteiger partial charge in [0, 0.05) is 11.6 Å². The van der Waals surface area contributed by atoms with Gasteiger partial charge in [0.1, 0.15) is 6.61 Å². The Labute approximate surface area is 119 Å². The summed E-state index contributed by atoms with van der Waals surface area (Å²) in [6.45, 7) is 1.50. The Bertz CT molecular complexity index is 554. The molecule has 0 saturated carbocycles. The summed E-state index contributed by atoms with van der Waals surface area (Å²) in [7, 11) is 0. The second kappa shape index (κ2) is 5.22. The fourth-order valence-electron chi connectivity index (χ4n) is 2.80. The van der Waals surface area contributed by atoms with Crippen molar-refractivity contribution in [2.75, 3.05) is 18.0 Å². The lowest BCUT2D eigenvalue weighted by Crippen LogP contribution is -2.48. The maximum absolute atomic E-state index is 12.9. The molecule has 4 nitrogen and oxygen atoms in total. The first kappa shape index (κ1) is 14.2. The Balaban J connectivity index is 2.00. The highest BCUT2D eigenvalue weighted by Gasteiger charge is 2.36. The number of benzene rings is 1. The monoisotopic (exact) mass is 300 g/mol. The van der Waals surface area contributed by atoms with Crippen LogP contribution in [-0.4, -0.2) is 25.2 Å². The van der Waals surface area contributed by atoms with E-state index in [0.29, 0.717) is 24.1 Å². The Morgan fingerprint density at radius 1 is 1.24 bits per heavy atom. The van der Waals surface area contributed by atoms with Gasteiger partial charge in [0.05, 0.1) is 11.3 Å². The van der Waals surface area contributed by atoms with Gasteiger partial charge < -0.3 is 10.1 Å². The summed E-state index contributed by atoms with van der Waals surface area (Å²) in [6, 6.07) is 3.34. The molecule has 2 heterocycles. The fraction of sp³-hybridized carbons (Fsp3) is 0.500. The van der Waals surface area contributed by atoms with E-state index in [0.717, 1.165) is 25.2 Å². The molecule has 2 aliphatic heterocycles. The van der Waals surface area contributed by atoms with Gasteiger partial charge in [0.15, 0.2) is 0 Å². The number of ether oxygens (including phenoxy) is 1. The van der Waals surface area contributed by atoms with Gasteiger partial charge in [0.2, 0.25) is 0 Å². The number of halogens is 3. The topological polar surface area (TPSA) is 41.6 Å². The van der Waals surface area contributed by atoms with Gasteiger partial charge >= 0.3 is 12.3 Å². The van der Waals surface area contributed by atoms with E-state index in [4.69, 9.17) is 4.74 Å². The van der Waals surface area contributed by atoms with Crippen molar-refractivity contribution in [3.63, 3.8) is 0 Å². The third kappa shape index (κ3) is 2.70. The normalized spacial score (nSPS) is 20.1. The standard InChI is InChI=1S/C14H15F3N2O2/c15-14(16,17)10-2-1-9-8-21-13(20)19(12(9)7-10)11-3-5-18-6-4-11/h1-2,7,11,18H,3-6,8H2. The molecule has 0 unspecified atom stereocenters. The van der Waals surface area contributed by atoms with Crippen LogP contribution in [0.4, 0.5) is 23.7 Å². The summed E-state index contributed by atoms with van der Waals surface area (Å²) in [6.07, 6.45) is -3.58. The van der Waals surface area contributed by atoms with Crippen molar-refractivity contribution in [1.82, 2.24) is 5.32 Å². The number of rotatable bonds is 1. The van der Waals surface area contributed by atoms with E-state index in [-0.39, 0.29) is 12.6 Å². The van der Waals surface area contributed by atoms with Crippen molar-refractivity contribution >= 4 is 11.8 Å². The van der Waals surface area contributed by atoms with Crippen molar-refractivity contribution in [3.8, 4) is 0 Å². The van der Waals surface area contributed by atoms with Crippen LogP contribution < -0.4 is 10.2 Å². The Kier molecular flexibility index (Phi) is 3.52. The minimum atomic E-state index is -4.42. The van der Waals surface area contributed by atoms with Crippen molar-refractivity contribution in [2.24, 2.45) is 0 Å². The van der Waals surface area contributed by atoms with Crippen LogP contribution in [-0.2, 0) is 17.5 Å². The Morgan fingerprint density at radius 3 is 2.62 bits per heavy atom. The van der Waals surface area contributed by atoms with Crippen LogP contribution >= 0.6 is 0 Å². The molecule has 1 saturated heterocycles. The van der Waals surface area contributed by atoms with E-state index < -0.39 is 17.8 Å². The smallest absolute Gasteiger partial charge is 0.416 e.